The van der Waals surface area contributed by atoms with Crippen molar-refractivity contribution in [2.75, 3.05) is 18.7 Å². The highest BCUT2D eigenvalue weighted by Gasteiger charge is 2.10. The second kappa shape index (κ2) is 8.36. The van der Waals surface area contributed by atoms with Crippen LogP contribution in [0.1, 0.15) is 23.1 Å². The van der Waals surface area contributed by atoms with Crippen molar-refractivity contribution < 1.29 is 14.6 Å². The average Bonchev–Trinajstić information content (AvgIpc) is 2.59. The van der Waals surface area contributed by atoms with E-state index in [9.17, 15) is 4.79 Å². The predicted molar refractivity (Wildman–Crippen MR) is 95.4 cm³/mol. The van der Waals surface area contributed by atoms with Crippen LogP contribution in [0, 0.1) is 6.92 Å². The molecule has 2 aromatic carbocycles. The molecule has 0 saturated heterocycles. The number of methoxy groups -OCH3 is 1. The molecule has 0 bridgehead atoms. The first kappa shape index (κ1) is 17.8. The van der Waals surface area contributed by atoms with Gasteiger partial charge in [0.1, 0.15) is 5.75 Å². The molecule has 5 nitrogen and oxygen atoms in total. The Morgan fingerprint density at radius 1 is 1.17 bits per heavy atom. The normalized spacial score (nSPS) is 10.5. The molecule has 0 aliphatic heterocycles. The molecule has 128 valence electrons. The minimum atomic E-state index is -0.778. The lowest BCUT2D eigenvalue weighted by Crippen LogP contribution is -2.29. The van der Waals surface area contributed by atoms with Crippen molar-refractivity contribution in [3.05, 3.63) is 59.2 Å². The topological polar surface area (TPSA) is 75.8 Å². The fourth-order valence-electron chi connectivity index (χ4n) is 2.68. The number of carbonyl (C=O) groups is 1. The Kier molecular flexibility index (Phi) is 6.21. The highest BCUT2D eigenvalue weighted by Crippen LogP contribution is 2.24. The fourth-order valence-corrected chi connectivity index (χ4v) is 2.68. The van der Waals surface area contributed by atoms with Crippen LogP contribution in [-0.2, 0) is 17.8 Å². The van der Waals surface area contributed by atoms with Gasteiger partial charge in [-0.2, -0.15) is 0 Å². The lowest BCUT2D eigenvalue weighted by molar-refractivity contribution is -0.136. The van der Waals surface area contributed by atoms with Crippen LogP contribution in [-0.4, -0.2) is 24.9 Å². The van der Waals surface area contributed by atoms with Gasteiger partial charge in [-0.05, 0) is 48.2 Å². The third-order valence-corrected chi connectivity index (χ3v) is 3.98. The number of aliphatic carboxylic acids is 1. The highest BCUT2D eigenvalue weighted by molar-refractivity contribution is 5.67. The van der Waals surface area contributed by atoms with Crippen LogP contribution >= 0.6 is 0 Å². The molecule has 2 rings (SSSR count). The van der Waals surface area contributed by atoms with Crippen LogP contribution in [0.3, 0.4) is 0 Å². The van der Waals surface area contributed by atoms with Crippen LogP contribution in [0.15, 0.2) is 42.5 Å². The first-order valence-corrected chi connectivity index (χ1v) is 7.92. The summed E-state index contributed by atoms with van der Waals surface area (Å²) < 4.78 is 5.18. The Morgan fingerprint density at radius 2 is 1.83 bits per heavy atom. The van der Waals surface area contributed by atoms with E-state index in [-0.39, 0.29) is 6.42 Å². The molecule has 0 aliphatic carbocycles. The third-order valence-electron chi connectivity index (χ3n) is 3.98. The first-order valence-electron chi connectivity index (χ1n) is 7.92. The SMILES string of the molecule is COc1ccc(CN(CN)c2ccc(CCC(=O)O)cc2C)cc1. The summed E-state index contributed by atoms with van der Waals surface area (Å²) in [6.07, 6.45) is 0.683. The zero-order valence-corrected chi connectivity index (χ0v) is 14.2. The molecular weight excluding hydrogens is 304 g/mol. The molecule has 5 heteroatoms. The van der Waals surface area contributed by atoms with Crippen LogP contribution in [0.2, 0.25) is 0 Å². The van der Waals surface area contributed by atoms with E-state index in [1.54, 1.807) is 7.11 Å². The van der Waals surface area contributed by atoms with Crippen molar-refractivity contribution in [1.82, 2.24) is 0 Å². The number of benzene rings is 2. The molecular formula is C19H24N2O3. The van der Waals surface area contributed by atoms with Gasteiger partial charge in [0, 0.05) is 18.7 Å². The quantitative estimate of drug-likeness (QED) is 0.729. The number of hydrogen-bond donors (Lipinski definition) is 2. The Hall–Kier alpha value is -2.53. The van der Waals surface area contributed by atoms with Gasteiger partial charge < -0.3 is 20.5 Å². The number of aryl methyl sites for hydroxylation is 2. The first-order chi connectivity index (χ1) is 11.5. The predicted octanol–water partition coefficient (Wildman–Crippen LogP) is 2.94. The van der Waals surface area contributed by atoms with Crippen molar-refractivity contribution in [1.29, 1.82) is 0 Å². The molecule has 0 fully saturated rings. The molecule has 0 unspecified atom stereocenters. The molecule has 0 saturated carbocycles. The molecule has 0 amide bonds. The van der Waals surface area contributed by atoms with E-state index in [4.69, 9.17) is 15.6 Å². The Morgan fingerprint density at radius 3 is 2.38 bits per heavy atom. The maximum atomic E-state index is 10.7. The summed E-state index contributed by atoms with van der Waals surface area (Å²) in [6.45, 7) is 3.13. The number of ether oxygens (including phenoxy) is 1. The standard InChI is InChI=1S/C19H24N2O3/c1-14-11-15(6-10-19(22)23)5-9-18(14)21(13-20)12-16-3-7-17(24-2)8-4-16/h3-5,7-9,11H,6,10,12-13,20H2,1-2H3,(H,22,23). The number of rotatable bonds is 8. The van der Waals surface area contributed by atoms with Crippen molar-refractivity contribution >= 4 is 11.7 Å². The van der Waals surface area contributed by atoms with Crippen molar-refractivity contribution in [2.45, 2.75) is 26.3 Å². The Labute approximate surface area is 142 Å². The van der Waals surface area contributed by atoms with Gasteiger partial charge in [0.15, 0.2) is 0 Å². The summed E-state index contributed by atoms with van der Waals surface area (Å²) >= 11 is 0. The van der Waals surface area contributed by atoms with E-state index >= 15 is 0 Å². The van der Waals surface area contributed by atoms with Crippen LogP contribution in [0.25, 0.3) is 0 Å². The van der Waals surface area contributed by atoms with Gasteiger partial charge in [0.25, 0.3) is 0 Å². The zero-order chi connectivity index (χ0) is 17.5. The molecule has 0 radical (unpaired) electrons. The van der Waals surface area contributed by atoms with Crippen molar-refractivity contribution in [3.63, 3.8) is 0 Å². The number of carboxylic acids is 1. The number of hydrogen-bond acceptors (Lipinski definition) is 4. The Bertz CT molecular complexity index is 684. The lowest BCUT2D eigenvalue weighted by Gasteiger charge is -2.25. The molecule has 0 heterocycles. The number of carboxylic acid groups (broad SMARTS) is 1. The number of nitrogens with zero attached hydrogens (tertiary/aromatic N) is 1. The summed E-state index contributed by atoms with van der Waals surface area (Å²) in [6, 6.07) is 14.0. The van der Waals surface area contributed by atoms with E-state index < -0.39 is 5.97 Å². The largest absolute Gasteiger partial charge is 0.497 e. The summed E-state index contributed by atoms with van der Waals surface area (Å²) in [7, 11) is 1.65. The van der Waals surface area contributed by atoms with E-state index in [0.29, 0.717) is 19.6 Å². The van der Waals surface area contributed by atoms with E-state index in [0.717, 1.165) is 28.1 Å². The van der Waals surface area contributed by atoms with Gasteiger partial charge in [-0.15, -0.1) is 0 Å². The van der Waals surface area contributed by atoms with E-state index in [1.165, 1.54) is 0 Å². The summed E-state index contributed by atoms with van der Waals surface area (Å²) in [5, 5.41) is 8.79. The molecule has 0 spiro atoms. The number of anilines is 1. The highest BCUT2D eigenvalue weighted by atomic mass is 16.5. The van der Waals surface area contributed by atoms with Gasteiger partial charge in [-0.3, -0.25) is 4.79 Å². The Balaban J connectivity index is 2.12. The van der Waals surface area contributed by atoms with Gasteiger partial charge in [-0.1, -0.05) is 24.3 Å². The maximum Gasteiger partial charge on any atom is 0.303 e. The monoisotopic (exact) mass is 328 g/mol. The average molecular weight is 328 g/mol. The number of nitrogens with two attached hydrogens (primary N) is 1. The van der Waals surface area contributed by atoms with E-state index in [2.05, 4.69) is 4.90 Å². The van der Waals surface area contributed by atoms with Crippen LogP contribution in [0.4, 0.5) is 5.69 Å². The summed E-state index contributed by atoms with van der Waals surface area (Å²) in [4.78, 5) is 12.8. The second-order valence-corrected chi connectivity index (χ2v) is 5.74. The maximum absolute atomic E-state index is 10.7. The van der Waals surface area contributed by atoms with Gasteiger partial charge >= 0.3 is 5.97 Å². The molecule has 3 N–H and O–H groups in total. The molecule has 0 aromatic heterocycles. The molecule has 24 heavy (non-hydrogen) atoms. The fraction of sp³-hybridized carbons (Fsp3) is 0.316. The minimum Gasteiger partial charge on any atom is -0.497 e. The van der Waals surface area contributed by atoms with Gasteiger partial charge in [0.05, 0.1) is 13.8 Å². The van der Waals surface area contributed by atoms with Crippen molar-refractivity contribution in [2.24, 2.45) is 5.73 Å². The lowest BCUT2D eigenvalue weighted by atomic mass is 10.0. The van der Waals surface area contributed by atoms with Crippen molar-refractivity contribution in [3.8, 4) is 5.75 Å². The molecule has 0 atom stereocenters. The van der Waals surface area contributed by atoms with E-state index in [1.807, 2.05) is 49.4 Å². The van der Waals surface area contributed by atoms with Gasteiger partial charge in [0.2, 0.25) is 0 Å². The van der Waals surface area contributed by atoms with Crippen LogP contribution in [0.5, 0.6) is 5.75 Å². The van der Waals surface area contributed by atoms with Crippen LogP contribution < -0.4 is 15.4 Å². The molecule has 2 aromatic rings. The summed E-state index contributed by atoms with van der Waals surface area (Å²) in [5.41, 5.74) is 10.3. The smallest absolute Gasteiger partial charge is 0.303 e. The van der Waals surface area contributed by atoms with Gasteiger partial charge in [-0.25, -0.2) is 0 Å². The third kappa shape index (κ3) is 4.73. The second-order valence-electron chi connectivity index (χ2n) is 5.74. The molecule has 0 aliphatic rings. The minimum absolute atomic E-state index is 0.144. The zero-order valence-electron chi connectivity index (χ0n) is 14.2. The summed E-state index contributed by atoms with van der Waals surface area (Å²) in [5.74, 6) is 0.0526.